The van der Waals surface area contributed by atoms with E-state index in [-0.39, 0.29) is 0 Å². The van der Waals surface area contributed by atoms with E-state index in [1.807, 2.05) is 0 Å². The maximum Gasteiger partial charge on any atom is 0.0219 e. The summed E-state index contributed by atoms with van der Waals surface area (Å²) in [7, 11) is 2.45. The summed E-state index contributed by atoms with van der Waals surface area (Å²) in [5.41, 5.74) is 0. The Morgan fingerprint density at radius 2 is 1.31 bits per heavy atom. The highest BCUT2D eigenvalue weighted by atomic mass is 29.1. The lowest BCUT2D eigenvalue weighted by Crippen LogP contribution is -1.96. The first-order chi connectivity index (χ1) is 6.41. The Balaban J connectivity index is 2.76. The van der Waals surface area contributed by atoms with Crippen molar-refractivity contribution in [2.24, 2.45) is 0 Å². The van der Waals surface area contributed by atoms with Gasteiger partial charge in [-0.2, -0.15) is 0 Å². The second kappa shape index (κ2) is 12.4. The lowest BCUT2D eigenvalue weighted by atomic mass is 10.1. The summed E-state index contributed by atoms with van der Waals surface area (Å²) in [6.45, 7) is 4.61. The van der Waals surface area contributed by atoms with Crippen molar-refractivity contribution in [3.8, 4) is 0 Å². The molecule has 0 unspecified atom stereocenters. The van der Waals surface area contributed by atoms with Crippen LogP contribution in [0.1, 0.15) is 58.3 Å². The highest BCUT2D eigenvalue weighted by Gasteiger charge is 1.91. The van der Waals surface area contributed by atoms with Crippen LogP contribution in [0.5, 0.6) is 0 Å². The van der Waals surface area contributed by atoms with Crippen LogP contribution < -0.4 is 0 Å². The van der Waals surface area contributed by atoms with Crippen LogP contribution >= 0.6 is 0 Å². The number of unbranched alkanes of at least 4 members (excludes halogenated alkanes) is 7. The summed E-state index contributed by atoms with van der Waals surface area (Å²) >= 11 is 0. The third kappa shape index (κ3) is 12.4. The van der Waals surface area contributed by atoms with Crippen LogP contribution in [0.2, 0.25) is 12.6 Å². The van der Waals surface area contributed by atoms with E-state index in [2.05, 4.69) is 13.5 Å². The average molecular weight is 212 g/mol. The zero-order valence-corrected chi connectivity index (χ0v) is 11.4. The predicted octanol–water partition coefficient (Wildman–Crippen LogP) is 3.92. The second-order valence-electron chi connectivity index (χ2n) is 3.65. The van der Waals surface area contributed by atoms with Crippen molar-refractivity contribution in [2.45, 2.75) is 70.9 Å². The van der Waals surface area contributed by atoms with Crippen LogP contribution in [0.15, 0.2) is 0 Å². The van der Waals surface area contributed by atoms with Crippen LogP contribution in [0.25, 0.3) is 0 Å². The summed E-state index contributed by atoms with van der Waals surface area (Å²) in [4.78, 5) is 0. The molecule has 0 aromatic heterocycles. The number of hydrogen-bond donors (Lipinski definition) is 0. The lowest BCUT2D eigenvalue weighted by molar-refractivity contribution is 0.585. The van der Waals surface area contributed by atoms with Crippen LogP contribution in [0.4, 0.5) is 0 Å². The van der Waals surface area contributed by atoms with Crippen LogP contribution in [0.3, 0.4) is 0 Å². The fourth-order valence-electron chi connectivity index (χ4n) is 1.47. The molecule has 2 heteroatoms. The Morgan fingerprint density at radius 3 is 1.85 bits per heavy atom. The highest BCUT2D eigenvalue weighted by molar-refractivity contribution is 6.99. The third-order valence-electron chi connectivity index (χ3n) is 2.33. The molecular weight excluding hydrogens is 188 g/mol. The zero-order chi connectivity index (χ0) is 9.78. The van der Waals surface area contributed by atoms with Crippen molar-refractivity contribution < 1.29 is 0 Å². The van der Waals surface area contributed by atoms with E-state index >= 15 is 0 Å². The fraction of sp³-hybridized carbons (Fsp3) is 1.00. The summed E-state index contributed by atoms with van der Waals surface area (Å²) in [5.74, 6) is 0. The van der Waals surface area contributed by atoms with Crippen molar-refractivity contribution in [2.75, 3.05) is 0 Å². The minimum Gasteiger partial charge on any atom is -0.0759 e. The third-order valence-corrected chi connectivity index (χ3v) is 5.10. The zero-order valence-electron chi connectivity index (χ0n) is 9.36. The maximum atomic E-state index is 2.32. The van der Waals surface area contributed by atoms with Gasteiger partial charge in [0.2, 0.25) is 0 Å². The normalized spacial score (nSPS) is 10.6. The number of rotatable bonds is 10. The standard InChI is InChI=1S/C11H24Si2/c1-3-4-5-6-7-8-9-10-11-13-12-2/h3-11H2,1-2H3. The Bertz CT molecular complexity index is 74.2. The monoisotopic (exact) mass is 212 g/mol. The Morgan fingerprint density at radius 1 is 0.769 bits per heavy atom. The second-order valence-corrected chi connectivity index (χ2v) is 7.57. The summed E-state index contributed by atoms with van der Waals surface area (Å²) in [5, 5.41) is 0. The van der Waals surface area contributed by atoms with Gasteiger partial charge in [0, 0.05) is 18.1 Å². The van der Waals surface area contributed by atoms with Crippen LogP contribution in [0, 0.1) is 0 Å². The predicted molar refractivity (Wildman–Crippen MR) is 64.8 cm³/mol. The first-order valence-electron chi connectivity index (χ1n) is 5.81. The first-order valence-corrected chi connectivity index (χ1v) is 9.52. The van der Waals surface area contributed by atoms with Crippen molar-refractivity contribution in [1.82, 2.24) is 0 Å². The van der Waals surface area contributed by atoms with Gasteiger partial charge in [-0.05, 0) is 0 Å². The molecule has 0 heterocycles. The van der Waals surface area contributed by atoms with Crippen molar-refractivity contribution in [1.29, 1.82) is 0 Å². The molecule has 0 spiro atoms. The molecule has 0 aliphatic heterocycles. The van der Waals surface area contributed by atoms with Gasteiger partial charge in [0.15, 0.2) is 0 Å². The molecule has 0 nitrogen and oxygen atoms in total. The van der Waals surface area contributed by atoms with Crippen molar-refractivity contribution in [3.63, 3.8) is 0 Å². The molecule has 4 radical (unpaired) electrons. The SMILES string of the molecule is CCCCCCCCCC[Si][Si]C. The molecule has 0 fully saturated rings. The molecule has 0 saturated heterocycles. The smallest absolute Gasteiger partial charge is 0.0219 e. The molecule has 0 rings (SSSR count). The Labute approximate surface area is 89.3 Å². The van der Waals surface area contributed by atoms with E-state index in [1.54, 1.807) is 0 Å². The molecule has 0 atom stereocenters. The lowest BCUT2D eigenvalue weighted by Gasteiger charge is -2.00. The molecule has 13 heavy (non-hydrogen) atoms. The Hall–Kier alpha value is 0.434. The quantitative estimate of drug-likeness (QED) is 0.380. The molecule has 0 aromatic rings. The van der Waals surface area contributed by atoms with Gasteiger partial charge in [-0.15, -0.1) is 0 Å². The van der Waals surface area contributed by atoms with E-state index in [4.69, 9.17) is 0 Å². The van der Waals surface area contributed by atoms with Crippen LogP contribution in [-0.2, 0) is 0 Å². The van der Waals surface area contributed by atoms with E-state index in [0.717, 1.165) is 0 Å². The van der Waals surface area contributed by atoms with E-state index < -0.39 is 0 Å². The van der Waals surface area contributed by atoms with Crippen molar-refractivity contribution in [3.05, 3.63) is 0 Å². The minimum absolute atomic E-state index is 1.20. The van der Waals surface area contributed by atoms with Crippen LogP contribution in [-0.4, -0.2) is 18.1 Å². The van der Waals surface area contributed by atoms with E-state index in [1.165, 1.54) is 75.5 Å². The molecule has 0 amide bonds. The van der Waals surface area contributed by atoms with Gasteiger partial charge in [0.05, 0.1) is 0 Å². The number of hydrogen-bond acceptors (Lipinski definition) is 0. The summed E-state index contributed by atoms with van der Waals surface area (Å²) in [6.07, 6.45) is 11.7. The molecule has 0 aromatic carbocycles. The van der Waals surface area contributed by atoms with Gasteiger partial charge in [-0.3, -0.25) is 0 Å². The Kier molecular flexibility index (Phi) is 12.8. The highest BCUT2D eigenvalue weighted by Crippen LogP contribution is 2.09. The summed E-state index contributed by atoms with van der Waals surface area (Å²) in [6, 6.07) is 1.50. The fourth-order valence-corrected chi connectivity index (χ4v) is 3.43. The molecule has 0 aliphatic carbocycles. The van der Waals surface area contributed by atoms with Gasteiger partial charge >= 0.3 is 0 Å². The topological polar surface area (TPSA) is 0 Å². The van der Waals surface area contributed by atoms with Gasteiger partial charge < -0.3 is 0 Å². The molecule has 0 bridgehead atoms. The molecule has 76 valence electrons. The minimum atomic E-state index is 1.20. The average Bonchev–Trinajstić information content (AvgIpc) is 2.16. The summed E-state index contributed by atoms with van der Waals surface area (Å²) < 4.78 is 0. The van der Waals surface area contributed by atoms with E-state index in [0.29, 0.717) is 0 Å². The first kappa shape index (κ1) is 13.4. The van der Waals surface area contributed by atoms with Crippen molar-refractivity contribution >= 4 is 18.1 Å². The largest absolute Gasteiger partial charge is 0.0759 e. The maximum absolute atomic E-state index is 2.32. The molecule has 0 aliphatic rings. The molecule has 0 saturated carbocycles. The van der Waals surface area contributed by atoms with Gasteiger partial charge in [-0.25, -0.2) is 0 Å². The van der Waals surface area contributed by atoms with Gasteiger partial charge in [0.1, 0.15) is 0 Å². The molecule has 0 N–H and O–H groups in total. The van der Waals surface area contributed by atoms with Gasteiger partial charge in [0.25, 0.3) is 0 Å². The van der Waals surface area contributed by atoms with Gasteiger partial charge in [-0.1, -0.05) is 70.9 Å². The molecular formula is C11H24Si2. The van der Waals surface area contributed by atoms with E-state index in [9.17, 15) is 0 Å².